The highest BCUT2D eigenvalue weighted by Crippen LogP contribution is 2.37. The van der Waals surface area contributed by atoms with Crippen molar-refractivity contribution in [1.82, 2.24) is 9.80 Å². The molecule has 0 atom stereocenters. The van der Waals surface area contributed by atoms with E-state index in [2.05, 4.69) is 31.9 Å². The Morgan fingerprint density at radius 3 is 2.48 bits per heavy atom. The molecule has 0 radical (unpaired) electrons. The quantitative estimate of drug-likeness (QED) is 0.569. The standard InChI is InChI=1S/C17H16Br2N2O5S/c1-25-15-11(18)6-10(7-12(15)19)8-13-16(23)21(17(24)27-13)9-14(22)20-2-4-26-5-3-20/h6-8H,2-5,9H2,1H3/b13-8+. The van der Waals surface area contributed by atoms with E-state index in [1.54, 1.807) is 30.2 Å². The third-order valence-corrected chi connectivity index (χ3v) is 6.14. The summed E-state index contributed by atoms with van der Waals surface area (Å²) in [7, 11) is 1.56. The summed E-state index contributed by atoms with van der Waals surface area (Å²) in [5.74, 6) is -0.0807. The summed E-state index contributed by atoms with van der Waals surface area (Å²) in [5.41, 5.74) is 0.722. The number of morpholine rings is 1. The molecule has 3 rings (SSSR count). The van der Waals surface area contributed by atoms with Gasteiger partial charge >= 0.3 is 0 Å². The number of amides is 3. The molecule has 7 nitrogen and oxygen atoms in total. The van der Waals surface area contributed by atoms with Gasteiger partial charge in [0.2, 0.25) is 5.91 Å². The maximum atomic E-state index is 12.6. The van der Waals surface area contributed by atoms with Crippen molar-refractivity contribution >= 4 is 66.8 Å². The Bertz CT molecular complexity index is 801. The zero-order valence-corrected chi connectivity index (χ0v) is 18.4. The third-order valence-electron chi connectivity index (χ3n) is 4.05. The number of carbonyl (C=O) groups is 3. The molecule has 2 fully saturated rings. The fourth-order valence-electron chi connectivity index (χ4n) is 2.69. The Morgan fingerprint density at radius 2 is 1.89 bits per heavy atom. The van der Waals surface area contributed by atoms with E-state index in [1.807, 2.05) is 0 Å². The molecule has 144 valence electrons. The molecule has 27 heavy (non-hydrogen) atoms. The summed E-state index contributed by atoms with van der Waals surface area (Å²) < 4.78 is 11.9. The molecule has 0 aromatic heterocycles. The SMILES string of the molecule is COc1c(Br)cc(/C=C2/SC(=O)N(CC(=O)N3CCOCC3)C2=O)cc1Br. The van der Waals surface area contributed by atoms with Crippen LogP contribution in [0.25, 0.3) is 6.08 Å². The predicted molar refractivity (Wildman–Crippen MR) is 108 cm³/mol. The Kier molecular flexibility index (Phi) is 6.61. The topological polar surface area (TPSA) is 76.2 Å². The molecule has 0 aliphatic carbocycles. The zero-order chi connectivity index (χ0) is 19.6. The molecule has 2 aliphatic rings. The Balaban J connectivity index is 1.75. The summed E-state index contributed by atoms with van der Waals surface area (Å²) in [6, 6.07) is 3.58. The lowest BCUT2D eigenvalue weighted by Gasteiger charge is -2.28. The zero-order valence-electron chi connectivity index (χ0n) is 14.4. The minimum Gasteiger partial charge on any atom is -0.494 e. The van der Waals surface area contributed by atoms with Crippen molar-refractivity contribution < 1.29 is 23.9 Å². The number of hydrogen-bond donors (Lipinski definition) is 0. The normalized spacial score (nSPS) is 19.1. The summed E-state index contributed by atoms with van der Waals surface area (Å²) in [4.78, 5) is 40.0. The van der Waals surface area contributed by atoms with E-state index in [-0.39, 0.29) is 17.4 Å². The average Bonchev–Trinajstić information content (AvgIpc) is 2.89. The van der Waals surface area contributed by atoms with Gasteiger partial charge in [-0.15, -0.1) is 0 Å². The van der Waals surface area contributed by atoms with Gasteiger partial charge in [-0.3, -0.25) is 19.3 Å². The van der Waals surface area contributed by atoms with Crippen molar-refractivity contribution in [3.8, 4) is 5.75 Å². The Labute approximate surface area is 177 Å². The number of ether oxygens (including phenoxy) is 2. The van der Waals surface area contributed by atoms with E-state index < -0.39 is 11.1 Å². The van der Waals surface area contributed by atoms with Crippen LogP contribution in [0.3, 0.4) is 0 Å². The van der Waals surface area contributed by atoms with Crippen LogP contribution in [0.2, 0.25) is 0 Å². The summed E-state index contributed by atoms with van der Waals surface area (Å²) >= 11 is 7.65. The fraction of sp³-hybridized carbons (Fsp3) is 0.353. The number of benzene rings is 1. The highest BCUT2D eigenvalue weighted by atomic mass is 79.9. The molecule has 2 aliphatic heterocycles. The first-order valence-corrected chi connectivity index (χ1v) is 10.4. The summed E-state index contributed by atoms with van der Waals surface area (Å²) in [5, 5.41) is -0.445. The molecule has 0 unspecified atom stereocenters. The molecule has 0 saturated carbocycles. The van der Waals surface area contributed by atoms with Crippen LogP contribution in [0.15, 0.2) is 26.0 Å². The monoisotopic (exact) mass is 518 g/mol. The van der Waals surface area contributed by atoms with Crippen molar-refractivity contribution in [3.63, 3.8) is 0 Å². The fourth-order valence-corrected chi connectivity index (χ4v) is 5.08. The number of thioether (sulfide) groups is 1. The summed E-state index contributed by atoms with van der Waals surface area (Å²) in [6.07, 6.45) is 1.62. The number of imide groups is 1. The largest absolute Gasteiger partial charge is 0.494 e. The van der Waals surface area contributed by atoms with Gasteiger partial charge in [-0.1, -0.05) is 0 Å². The molecule has 2 saturated heterocycles. The average molecular weight is 520 g/mol. The second-order valence-corrected chi connectivity index (χ2v) is 8.48. The van der Waals surface area contributed by atoms with Crippen molar-refractivity contribution in [2.75, 3.05) is 40.0 Å². The van der Waals surface area contributed by atoms with E-state index in [9.17, 15) is 14.4 Å². The van der Waals surface area contributed by atoms with E-state index in [1.165, 1.54) is 0 Å². The maximum absolute atomic E-state index is 12.6. The molecule has 3 amide bonds. The molecule has 1 aromatic rings. The lowest BCUT2D eigenvalue weighted by atomic mass is 10.2. The predicted octanol–water partition coefficient (Wildman–Crippen LogP) is 3.12. The van der Waals surface area contributed by atoms with Crippen LogP contribution in [0.5, 0.6) is 5.75 Å². The van der Waals surface area contributed by atoms with Gasteiger partial charge in [0.1, 0.15) is 12.3 Å². The molecule has 0 bridgehead atoms. The van der Waals surface area contributed by atoms with Gasteiger partial charge in [0.05, 0.1) is 34.2 Å². The van der Waals surface area contributed by atoms with E-state index in [0.717, 1.165) is 22.2 Å². The smallest absolute Gasteiger partial charge is 0.294 e. The highest BCUT2D eigenvalue weighted by molar-refractivity contribution is 9.11. The highest BCUT2D eigenvalue weighted by Gasteiger charge is 2.37. The van der Waals surface area contributed by atoms with Gasteiger partial charge in [-0.2, -0.15) is 0 Å². The first-order valence-electron chi connectivity index (χ1n) is 8.04. The number of halogens is 2. The van der Waals surface area contributed by atoms with Crippen LogP contribution in [-0.4, -0.2) is 66.8 Å². The maximum Gasteiger partial charge on any atom is 0.294 e. The van der Waals surface area contributed by atoms with E-state index >= 15 is 0 Å². The molecule has 2 heterocycles. The van der Waals surface area contributed by atoms with Crippen molar-refractivity contribution in [1.29, 1.82) is 0 Å². The number of nitrogens with zero attached hydrogens (tertiary/aromatic N) is 2. The van der Waals surface area contributed by atoms with Crippen LogP contribution >= 0.6 is 43.6 Å². The molecule has 0 spiro atoms. The number of methoxy groups -OCH3 is 1. The third kappa shape index (κ3) is 4.56. The molecular formula is C17H16Br2N2O5S. The van der Waals surface area contributed by atoms with Crippen LogP contribution in [0.4, 0.5) is 4.79 Å². The van der Waals surface area contributed by atoms with Gasteiger partial charge in [-0.25, -0.2) is 0 Å². The van der Waals surface area contributed by atoms with E-state index in [0.29, 0.717) is 41.0 Å². The number of carbonyl (C=O) groups excluding carboxylic acids is 3. The molecule has 1 aromatic carbocycles. The molecule has 10 heteroatoms. The van der Waals surface area contributed by atoms with Gasteiger partial charge in [0.15, 0.2) is 0 Å². The van der Waals surface area contributed by atoms with Crippen molar-refractivity contribution in [3.05, 3.63) is 31.5 Å². The second kappa shape index (κ2) is 8.76. The van der Waals surface area contributed by atoms with Gasteiger partial charge in [0.25, 0.3) is 11.1 Å². The van der Waals surface area contributed by atoms with Crippen LogP contribution < -0.4 is 4.74 Å². The minimum atomic E-state index is -0.463. The number of hydrogen-bond acceptors (Lipinski definition) is 6. The van der Waals surface area contributed by atoms with E-state index in [4.69, 9.17) is 9.47 Å². The van der Waals surface area contributed by atoms with Crippen LogP contribution in [0, 0.1) is 0 Å². The minimum absolute atomic E-state index is 0.252. The van der Waals surface area contributed by atoms with Crippen molar-refractivity contribution in [2.45, 2.75) is 0 Å². The summed E-state index contributed by atoms with van der Waals surface area (Å²) in [6.45, 7) is 1.62. The lowest BCUT2D eigenvalue weighted by molar-refractivity contribution is -0.139. The van der Waals surface area contributed by atoms with Gasteiger partial charge in [-0.05, 0) is 67.4 Å². The van der Waals surface area contributed by atoms with Crippen LogP contribution in [-0.2, 0) is 14.3 Å². The van der Waals surface area contributed by atoms with Gasteiger partial charge < -0.3 is 14.4 Å². The van der Waals surface area contributed by atoms with Crippen LogP contribution in [0.1, 0.15) is 5.56 Å². The Hall–Kier alpha value is -1.36. The first-order chi connectivity index (χ1) is 12.9. The first kappa shape index (κ1) is 20.4. The second-order valence-electron chi connectivity index (χ2n) is 5.78. The van der Waals surface area contributed by atoms with Gasteiger partial charge in [0, 0.05) is 13.1 Å². The van der Waals surface area contributed by atoms with Crippen molar-refractivity contribution in [2.24, 2.45) is 0 Å². The Morgan fingerprint density at radius 1 is 1.26 bits per heavy atom. The molecule has 0 N–H and O–H groups in total. The molecular weight excluding hydrogens is 504 g/mol. The number of rotatable bonds is 4. The lowest BCUT2D eigenvalue weighted by Crippen LogP contribution is -2.46.